The molecular weight excluding hydrogens is 374 g/mol. The van der Waals surface area contributed by atoms with E-state index in [1.807, 2.05) is 7.05 Å². The van der Waals surface area contributed by atoms with Crippen LogP contribution in [0.3, 0.4) is 0 Å². The third-order valence-electron chi connectivity index (χ3n) is 5.05. The lowest BCUT2D eigenvalue weighted by molar-refractivity contribution is -0.885. The van der Waals surface area contributed by atoms with Crippen LogP contribution in [-0.4, -0.2) is 63.3 Å². The summed E-state index contributed by atoms with van der Waals surface area (Å²) in [5.41, 5.74) is 2.43. The highest BCUT2D eigenvalue weighted by Crippen LogP contribution is 2.17. The summed E-state index contributed by atoms with van der Waals surface area (Å²) >= 11 is 0. The minimum absolute atomic E-state index is 0.0707. The molecule has 0 saturated carbocycles. The van der Waals surface area contributed by atoms with Crippen molar-refractivity contribution in [3.63, 3.8) is 0 Å². The number of hydrogen-bond donors (Lipinski definition) is 1. The lowest BCUT2D eigenvalue weighted by Gasteiger charge is -2.34. The standard InChI is InChI=1S/C21H27N3O3S/c1-18-8-10-19(11-9-18)16-22(2)17-21(25)23-12-14-24(15-13-23)28(26,27)20-6-4-3-5-7-20/h3-11H,12-17H2,1-2H3/p+1. The van der Waals surface area contributed by atoms with Gasteiger partial charge in [-0.15, -0.1) is 0 Å². The highest BCUT2D eigenvalue weighted by Gasteiger charge is 2.30. The molecule has 1 atom stereocenters. The first-order valence-electron chi connectivity index (χ1n) is 9.56. The molecule has 1 unspecified atom stereocenters. The second kappa shape index (κ2) is 8.86. The molecule has 3 rings (SSSR count). The van der Waals surface area contributed by atoms with Crippen molar-refractivity contribution in [3.8, 4) is 0 Å². The van der Waals surface area contributed by atoms with E-state index in [0.717, 1.165) is 11.4 Å². The van der Waals surface area contributed by atoms with Gasteiger partial charge in [0.2, 0.25) is 10.0 Å². The fourth-order valence-corrected chi connectivity index (χ4v) is 4.85. The molecule has 0 spiro atoms. The van der Waals surface area contributed by atoms with Crippen LogP contribution < -0.4 is 4.90 Å². The van der Waals surface area contributed by atoms with Gasteiger partial charge in [-0.3, -0.25) is 4.79 Å². The number of quaternary nitrogens is 1. The number of sulfonamides is 1. The fourth-order valence-electron chi connectivity index (χ4n) is 3.41. The number of aryl methyl sites for hydroxylation is 1. The van der Waals surface area contributed by atoms with Gasteiger partial charge < -0.3 is 9.80 Å². The van der Waals surface area contributed by atoms with Crippen LogP contribution in [0.15, 0.2) is 59.5 Å². The van der Waals surface area contributed by atoms with E-state index in [1.54, 1.807) is 35.2 Å². The molecule has 0 bridgehead atoms. The molecule has 1 heterocycles. The topological polar surface area (TPSA) is 62.1 Å². The zero-order valence-corrected chi connectivity index (χ0v) is 17.3. The van der Waals surface area contributed by atoms with E-state index in [0.29, 0.717) is 37.6 Å². The van der Waals surface area contributed by atoms with Gasteiger partial charge in [0.05, 0.1) is 11.9 Å². The average Bonchev–Trinajstić information content (AvgIpc) is 2.70. The molecule has 1 amide bonds. The highest BCUT2D eigenvalue weighted by atomic mass is 32.2. The normalized spacial score (nSPS) is 16.7. The molecule has 1 N–H and O–H groups in total. The minimum atomic E-state index is -3.49. The second-order valence-corrected chi connectivity index (χ2v) is 9.33. The minimum Gasteiger partial charge on any atom is -0.335 e. The van der Waals surface area contributed by atoms with Gasteiger partial charge in [-0.2, -0.15) is 4.31 Å². The molecule has 7 heteroatoms. The molecule has 1 aliphatic heterocycles. The predicted octanol–water partition coefficient (Wildman–Crippen LogP) is 0.543. The van der Waals surface area contributed by atoms with Gasteiger partial charge in [0.25, 0.3) is 5.91 Å². The summed E-state index contributed by atoms with van der Waals surface area (Å²) in [5, 5.41) is 0. The number of benzene rings is 2. The number of hydrogen-bond acceptors (Lipinski definition) is 3. The Hall–Kier alpha value is -2.22. The Labute approximate surface area is 167 Å². The monoisotopic (exact) mass is 402 g/mol. The Morgan fingerprint density at radius 1 is 0.964 bits per heavy atom. The van der Waals surface area contributed by atoms with Crippen molar-refractivity contribution in [2.75, 3.05) is 39.8 Å². The van der Waals surface area contributed by atoms with Gasteiger partial charge in [0, 0.05) is 31.7 Å². The van der Waals surface area contributed by atoms with Gasteiger partial charge in [-0.1, -0.05) is 48.0 Å². The summed E-state index contributed by atoms with van der Waals surface area (Å²) in [6.07, 6.45) is 0. The van der Waals surface area contributed by atoms with Crippen LogP contribution >= 0.6 is 0 Å². The Morgan fingerprint density at radius 2 is 1.57 bits per heavy atom. The van der Waals surface area contributed by atoms with Gasteiger partial charge in [-0.05, 0) is 19.1 Å². The highest BCUT2D eigenvalue weighted by molar-refractivity contribution is 7.89. The number of nitrogens with one attached hydrogen (secondary N) is 1. The SMILES string of the molecule is Cc1ccc(C[NH+](C)CC(=O)N2CCN(S(=O)(=O)c3ccccc3)CC2)cc1. The van der Waals surface area contributed by atoms with E-state index >= 15 is 0 Å². The van der Waals surface area contributed by atoms with E-state index in [2.05, 4.69) is 31.2 Å². The molecule has 2 aromatic carbocycles. The molecule has 0 aliphatic carbocycles. The van der Waals surface area contributed by atoms with Crippen LogP contribution in [0.25, 0.3) is 0 Å². The number of likely N-dealkylation sites (N-methyl/N-ethyl adjacent to an activating group) is 1. The zero-order valence-electron chi connectivity index (χ0n) is 16.5. The van der Waals surface area contributed by atoms with E-state index in [1.165, 1.54) is 15.4 Å². The van der Waals surface area contributed by atoms with Crippen LogP contribution in [0.5, 0.6) is 0 Å². The molecular formula is C21H28N3O3S+. The smallest absolute Gasteiger partial charge is 0.277 e. The maximum atomic E-state index is 12.7. The Morgan fingerprint density at radius 3 is 2.18 bits per heavy atom. The number of carbonyl (C=O) groups excluding carboxylic acids is 1. The third-order valence-corrected chi connectivity index (χ3v) is 6.96. The molecule has 28 heavy (non-hydrogen) atoms. The summed E-state index contributed by atoms with van der Waals surface area (Å²) in [6, 6.07) is 16.8. The van der Waals surface area contributed by atoms with Crippen LogP contribution in [0, 0.1) is 6.92 Å². The average molecular weight is 403 g/mol. The van der Waals surface area contributed by atoms with Crippen molar-refractivity contribution < 1.29 is 18.1 Å². The van der Waals surface area contributed by atoms with Crippen LogP contribution in [0.2, 0.25) is 0 Å². The van der Waals surface area contributed by atoms with Crippen molar-refractivity contribution in [2.45, 2.75) is 18.4 Å². The number of nitrogens with zero attached hydrogens (tertiary/aromatic N) is 2. The van der Waals surface area contributed by atoms with Crippen molar-refractivity contribution in [1.82, 2.24) is 9.21 Å². The van der Waals surface area contributed by atoms with Crippen molar-refractivity contribution in [3.05, 3.63) is 65.7 Å². The summed E-state index contributed by atoms with van der Waals surface area (Å²) in [6.45, 7) is 4.78. The molecule has 6 nitrogen and oxygen atoms in total. The summed E-state index contributed by atoms with van der Waals surface area (Å²) in [4.78, 5) is 15.8. The van der Waals surface area contributed by atoms with E-state index in [9.17, 15) is 13.2 Å². The van der Waals surface area contributed by atoms with Crippen LogP contribution in [-0.2, 0) is 21.4 Å². The van der Waals surface area contributed by atoms with Crippen molar-refractivity contribution in [1.29, 1.82) is 0 Å². The van der Waals surface area contributed by atoms with E-state index in [-0.39, 0.29) is 5.91 Å². The van der Waals surface area contributed by atoms with Gasteiger partial charge in [0.15, 0.2) is 6.54 Å². The van der Waals surface area contributed by atoms with E-state index < -0.39 is 10.0 Å². The van der Waals surface area contributed by atoms with E-state index in [4.69, 9.17) is 0 Å². The summed E-state index contributed by atoms with van der Waals surface area (Å²) in [5.74, 6) is 0.0707. The summed E-state index contributed by atoms with van der Waals surface area (Å²) < 4.78 is 26.8. The molecule has 150 valence electrons. The predicted molar refractivity (Wildman–Crippen MR) is 108 cm³/mol. The van der Waals surface area contributed by atoms with Crippen LogP contribution in [0.4, 0.5) is 0 Å². The molecule has 1 aliphatic rings. The Balaban J connectivity index is 1.51. The third kappa shape index (κ3) is 4.98. The Kier molecular flexibility index (Phi) is 6.49. The van der Waals surface area contributed by atoms with Gasteiger partial charge in [-0.25, -0.2) is 8.42 Å². The molecule has 1 saturated heterocycles. The zero-order chi connectivity index (χ0) is 20.1. The molecule has 0 aromatic heterocycles. The molecule has 1 fully saturated rings. The second-order valence-electron chi connectivity index (χ2n) is 7.39. The lowest BCUT2D eigenvalue weighted by Crippen LogP contribution is -3.09. The number of rotatable bonds is 6. The fraction of sp³-hybridized carbons (Fsp3) is 0.381. The molecule has 0 radical (unpaired) electrons. The number of carbonyl (C=O) groups is 1. The quantitative estimate of drug-likeness (QED) is 0.767. The maximum absolute atomic E-state index is 12.7. The van der Waals surface area contributed by atoms with Crippen LogP contribution in [0.1, 0.15) is 11.1 Å². The number of piperazine rings is 1. The maximum Gasteiger partial charge on any atom is 0.277 e. The first kappa shape index (κ1) is 20.5. The van der Waals surface area contributed by atoms with Gasteiger partial charge in [0.1, 0.15) is 6.54 Å². The number of amides is 1. The van der Waals surface area contributed by atoms with Crippen molar-refractivity contribution >= 4 is 15.9 Å². The van der Waals surface area contributed by atoms with Gasteiger partial charge >= 0.3 is 0 Å². The first-order valence-corrected chi connectivity index (χ1v) is 11.0. The summed E-state index contributed by atoms with van der Waals surface area (Å²) in [7, 11) is -1.48. The van der Waals surface area contributed by atoms with Crippen molar-refractivity contribution in [2.24, 2.45) is 0 Å². The molecule has 2 aromatic rings. The lowest BCUT2D eigenvalue weighted by atomic mass is 10.1. The largest absolute Gasteiger partial charge is 0.335 e. The first-order chi connectivity index (χ1) is 13.4. The Bertz CT molecular complexity index is 890.